The van der Waals surface area contributed by atoms with E-state index < -0.39 is 0 Å². The lowest BCUT2D eigenvalue weighted by atomic mass is 10.1. The molecule has 0 aliphatic carbocycles. The standard InChI is InChI=1S/C23H21BrN2O3/c1-26(15-22(27)25-18-10-3-2-4-11-18)23(28)19-12-6-8-14-21(19)29-16-17-9-5-7-13-20(17)24/h2-14H,15-16H2,1H3,(H,25,27). The monoisotopic (exact) mass is 452 g/mol. The molecule has 2 amide bonds. The van der Waals surface area contributed by atoms with E-state index in [0.29, 0.717) is 23.6 Å². The molecule has 0 radical (unpaired) electrons. The van der Waals surface area contributed by atoms with Crippen molar-refractivity contribution in [2.45, 2.75) is 6.61 Å². The van der Waals surface area contributed by atoms with E-state index in [9.17, 15) is 9.59 Å². The summed E-state index contributed by atoms with van der Waals surface area (Å²) >= 11 is 3.50. The largest absolute Gasteiger partial charge is 0.488 e. The highest BCUT2D eigenvalue weighted by molar-refractivity contribution is 9.10. The number of amides is 2. The molecule has 0 saturated carbocycles. The fraction of sp³-hybridized carbons (Fsp3) is 0.130. The maximum atomic E-state index is 12.9. The number of anilines is 1. The second kappa shape index (κ2) is 9.89. The van der Waals surface area contributed by atoms with Crippen LogP contribution >= 0.6 is 15.9 Å². The van der Waals surface area contributed by atoms with Crippen LogP contribution in [0.2, 0.25) is 0 Å². The van der Waals surface area contributed by atoms with Crippen molar-refractivity contribution in [3.05, 3.63) is 94.5 Å². The van der Waals surface area contributed by atoms with Gasteiger partial charge in [0.1, 0.15) is 12.4 Å². The van der Waals surface area contributed by atoms with Gasteiger partial charge in [-0.2, -0.15) is 0 Å². The molecule has 0 aliphatic heterocycles. The summed E-state index contributed by atoms with van der Waals surface area (Å²) < 4.78 is 6.84. The van der Waals surface area contributed by atoms with Gasteiger partial charge in [-0.25, -0.2) is 0 Å². The Kier molecular flexibility index (Phi) is 7.03. The molecule has 0 unspecified atom stereocenters. The quantitative estimate of drug-likeness (QED) is 0.563. The van der Waals surface area contributed by atoms with E-state index >= 15 is 0 Å². The fourth-order valence-corrected chi connectivity index (χ4v) is 3.15. The van der Waals surface area contributed by atoms with Gasteiger partial charge in [-0.15, -0.1) is 0 Å². The van der Waals surface area contributed by atoms with E-state index in [1.165, 1.54) is 4.90 Å². The third-order valence-corrected chi connectivity index (χ3v) is 5.02. The Morgan fingerprint density at radius 1 is 0.931 bits per heavy atom. The van der Waals surface area contributed by atoms with E-state index in [-0.39, 0.29) is 18.4 Å². The highest BCUT2D eigenvalue weighted by Crippen LogP contribution is 2.23. The molecular formula is C23H21BrN2O3. The molecule has 0 fully saturated rings. The number of hydrogen-bond donors (Lipinski definition) is 1. The summed E-state index contributed by atoms with van der Waals surface area (Å²) in [6.07, 6.45) is 0. The summed E-state index contributed by atoms with van der Waals surface area (Å²) in [5, 5.41) is 2.78. The average Bonchev–Trinajstić information content (AvgIpc) is 2.73. The van der Waals surface area contributed by atoms with Gasteiger partial charge in [0, 0.05) is 22.8 Å². The summed E-state index contributed by atoms with van der Waals surface area (Å²) in [6, 6.07) is 23.9. The van der Waals surface area contributed by atoms with Crippen LogP contribution in [0.3, 0.4) is 0 Å². The van der Waals surface area contributed by atoms with E-state index in [4.69, 9.17) is 4.74 Å². The topological polar surface area (TPSA) is 58.6 Å². The average molecular weight is 453 g/mol. The van der Waals surface area contributed by atoms with Gasteiger partial charge < -0.3 is 15.0 Å². The first-order valence-electron chi connectivity index (χ1n) is 9.10. The van der Waals surface area contributed by atoms with Crippen molar-refractivity contribution in [3.8, 4) is 5.75 Å². The zero-order chi connectivity index (χ0) is 20.6. The number of nitrogens with zero attached hydrogens (tertiary/aromatic N) is 1. The smallest absolute Gasteiger partial charge is 0.257 e. The van der Waals surface area contributed by atoms with Crippen LogP contribution in [-0.4, -0.2) is 30.3 Å². The summed E-state index contributed by atoms with van der Waals surface area (Å²) in [5.74, 6) is -0.0711. The molecule has 6 heteroatoms. The van der Waals surface area contributed by atoms with Crippen LogP contribution in [0.4, 0.5) is 5.69 Å². The number of halogens is 1. The van der Waals surface area contributed by atoms with Gasteiger partial charge in [-0.1, -0.05) is 64.5 Å². The lowest BCUT2D eigenvalue weighted by molar-refractivity contribution is -0.116. The third kappa shape index (κ3) is 5.68. The van der Waals surface area contributed by atoms with Crippen LogP contribution in [0.15, 0.2) is 83.3 Å². The Morgan fingerprint density at radius 3 is 2.34 bits per heavy atom. The first-order chi connectivity index (χ1) is 14.0. The van der Waals surface area contributed by atoms with E-state index in [0.717, 1.165) is 10.0 Å². The predicted octanol–water partition coefficient (Wildman–Crippen LogP) is 4.74. The molecule has 29 heavy (non-hydrogen) atoms. The number of carbonyl (C=O) groups is 2. The maximum absolute atomic E-state index is 12.9. The number of benzene rings is 3. The number of likely N-dealkylation sites (N-methyl/N-ethyl adjacent to an activating group) is 1. The van der Waals surface area contributed by atoms with E-state index in [1.54, 1.807) is 37.4 Å². The minimum atomic E-state index is -0.282. The van der Waals surface area contributed by atoms with Crippen molar-refractivity contribution >= 4 is 33.4 Å². The van der Waals surface area contributed by atoms with Crippen LogP contribution in [0.1, 0.15) is 15.9 Å². The molecule has 0 bridgehead atoms. The Balaban J connectivity index is 1.65. The Bertz CT molecular complexity index is 992. The number of para-hydroxylation sites is 2. The normalized spacial score (nSPS) is 10.3. The molecule has 0 aliphatic rings. The van der Waals surface area contributed by atoms with Crippen molar-refractivity contribution in [2.24, 2.45) is 0 Å². The Morgan fingerprint density at radius 2 is 1.59 bits per heavy atom. The van der Waals surface area contributed by atoms with Gasteiger partial charge in [0.05, 0.1) is 12.1 Å². The number of hydrogen-bond acceptors (Lipinski definition) is 3. The molecule has 3 rings (SSSR count). The minimum absolute atomic E-state index is 0.0632. The molecule has 0 saturated heterocycles. The van der Waals surface area contributed by atoms with Crippen LogP contribution in [0.25, 0.3) is 0 Å². The third-order valence-electron chi connectivity index (χ3n) is 4.24. The van der Waals surface area contributed by atoms with E-state index in [1.807, 2.05) is 48.5 Å². The lowest BCUT2D eigenvalue weighted by Crippen LogP contribution is -2.35. The second-order valence-electron chi connectivity index (χ2n) is 6.45. The molecule has 0 atom stereocenters. The zero-order valence-electron chi connectivity index (χ0n) is 16.0. The molecule has 0 heterocycles. The van der Waals surface area contributed by atoms with Gasteiger partial charge in [0.2, 0.25) is 5.91 Å². The van der Waals surface area contributed by atoms with Crippen molar-refractivity contribution in [3.63, 3.8) is 0 Å². The molecule has 3 aromatic carbocycles. The first kappa shape index (κ1) is 20.6. The van der Waals surface area contributed by atoms with Crippen LogP contribution in [0, 0.1) is 0 Å². The maximum Gasteiger partial charge on any atom is 0.257 e. The fourth-order valence-electron chi connectivity index (χ4n) is 2.75. The first-order valence-corrected chi connectivity index (χ1v) is 9.89. The predicted molar refractivity (Wildman–Crippen MR) is 117 cm³/mol. The summed E-state index contributed by atoms with van der Waals surface area (Å²) in [5.41, 5.74) is 2.08. The molecule has 0 spiro atoms. The van der Waals surface area contributed by atoms with Gasteiger partial charge in [-0.3, -0.25) is 9.59 Å². The second-order valence-corrected chi connectivity index (χ2v) is 7.31. The summed E-state index contributed by atoms with van der Waals surface area (Å²) in [6.45, 7) is 0.260. The number of ether oxygens (including phenoxy) is 1. The SMILES string of the molecule is CN(CC(=O)Nc1ccccc1)C(=O)c1ccccc1OCc1ccccc1Br. The molecule has 148 valence electrons. The highest BCUT2D eigenvalue weighted by Gasteiger charge is 2.19. The lowest BCUT2D eigenvalue weighted by Gasteiger charge is -2.19. The Labute approximate surface area is 178 Å². The van der Waals surface area contributed by atoms with Crippen molar-refractivity contribution in [2.75, 3.05) is 18.9 Å². The number of carbonyl (C=O) groups excluding carboxylic acids is 2. The van der Waals surface area contributed by atoms with E-state index in [2.05, 4.69) is 21.2 Å². The minimum Gasteiger partial charge on any atom is -0.488 e. The molecular weight excluding hydrogens is 432 g/mol. The molecule has 3 aromatic rings. The molecule has 0 aromatic heterocycles. The van der Waals surface area contributed by atoms with Crippen LogP contribution < -0.4 is 10.1 Å². The zero-order valence-corrected chi connectivity index (χ0v) is 17.6. The number of nitrogens with one attached hydrogen (secondary N) is 1. The summed E-state index contributed by atoms with van der Waals surface area (Å²) in [4.78, 5) is 26.5. The van der Waals surface area contributed by atoms with Crippen LogP contribution in [-0.2, 0) is 11.4 Å². The van der Waals surface area contributed by atoms with Gasteiger partial charge >= 0.3 is 0 Å². The number of rotatable bonds is 7. The summed E-state index contributed by atoms with van der Waals surface area (Å²) in [7, 11) is 1.59. The van der Waals surface area contributed by atoms with Gasteiger partial charge in [0.25, 0.3) is 5.91 Å². The van der Waals surface area contributed by atoms with Gasteiger partial charge in [0.15, 0.2) is 0 Å². The molecule has 5 nitrogen and oxygen atoms in total. The van der Waals surface area contributed by atoms with Crippen molar-refractivity contribution in [1.29, 1.82) is 0 Å². The Hall–Kier alpha value is -3.12. The van der Waals surface area contributed by atoms with Crippen LogP contribution in [0.5, 0.6) is 5.75 Å². The van der Waals surface area contributed by atoms with Crippen molar-refractivity contribution in [1.82, 2.24) is 4.90 Å². The van der Waals surface area contributed by atoms with Gasteiger partial charge in [-0.05, 0) is 30.3 Å². The highest BCUT2D eigenvalue weighted by atomic mass is 79.9. The van der Waals surface area contributed by atoms with Crippen molar-refractivity contribution < 1.29 is 14.3 Å². The molecule has 1 N–H and O–H groups in total.